The number of nitrogens with zero attached hydrogens (tertiary/aromatic N) is 2. The summed E-state index contributed by atoms with van der Waals surface area (Å²) in [5.74, 6) is 0.564. The molecule has 0 radical (unpaired) electrons. The smallest absolute Gasteiger partial charge is 0.185 e. The Hall–Kier alpha value is -3.70. The van der Waals surface area contributed by atoms with Crippen molar-refractivity contribution in [1.82, 2.24) is 4.98 Å². The van der Waals surface area contributed by atoms with Gasteiger partial charge in [0.2, 0.25) is 0 Å². The van der Waals surface area contributed by atoms with E-state index >= 15 is 0 Å². The fourth-order valence-electron chi connectivity index (χ4n) is 5.10. The summed E-state index contributed by atoms with van der Waals surface area (Å²) in [6.07, 6.45) is 4.57. The number of nitrogen functional groups attached to an aromatic ring is 1. The molecule has 2 heterocycles. The van der Waals surface area contributed by atoms with Gasteiger partial charge in [-0.25, -0.2) is 0 Å². The minimum absolute atomic E-state index is 0.0194. The van der Waals surface area contributed by atoms with Gasteiger partial charge in [-0.3, -0.25) is 9.78 Å². The van der Waals surface area contributed by atoms with Crippen LogP contribution in [0.25, 0.3) is 21.9 Å². The summed E-state index contributed by atoms with van der Waals surface area (Å²) in [6.45, 7) is 3.36. The van der Waals surface area contributed by atoms with Gasteiger partial charge in [0.25, 0.3) is 0 Å². The van der Waals surface area contributed by atoms with Gasteiger partial charge in [-0.05, 0) is 70.7 Å². The number of hydrogen-bond donors (Lipinski definition) is 1. The van der Waals surface area contributed by atoms with E-state index in [2.05, 4.69) is 34.1 Å². The fraction of sp³-hybridized carbons (Fsp3) is 0.267. The molecule has 1 aliphatic heterocycles. The molecule has 5 nitrogen and oxygen atoms in total. The number of aromatic nitrogens is 1. The van der Waals surface area contributed by atoms with E-state index in [9.17, 15) is 4.79 Å². The number of anilines is 2. The molecule has 1 aromatic heterocycles. The highest BCUT2D eigenvalue weighted by Crippen LogP contribution is 2.47. The monoisotopic (exact) mass is 463 g/mol. The maximum absolute atomic E-state index is 13.3. The molecule has 0 bridgehead atoms. The molecule has 0 amide bonds. The molecule has 2 N–H and O–H groups in total. The maximum atomic E-state index is 13.3. The number of hydrogen-bond acceptors (Lipinski definition) is 5. The average Bonchev–Trinajstić information content (AvgIpc) is 3.75. The zero-order chi connectivity index (χ0) is 23.8. The molecule has 1 aliphatic carbocycles. The molecule has 0 atom stereocenters. The Labute approximate surface area is 205 Å². The molecule has 4 aromatic rings. The Kier molecular flexibility index (Phi) is 5.71. The first-order chi connectivity index (χ1) is 17.2. The van der Waals surface area contributed by atoms with Crippen LogP contribution in [0.2, 0.25) is 0 Å². The molecule has 6 rings (SSSR count). The largest absolute Gasteiger partial charge is 0.398 e. The number of ether oxygens (including phenoxy) is 1. The number of carbonyl (C=O) groups excluding carboxylic acids is 1. The third kappa shape index (κ3) is 4.40. The van der Waals surface area contributed by atoms with E-state index in [-0.39, 0.29) is 12.2 Å². The predicted molar refractivity (Wildman–Crippen MR) is 141 cm³/mol. The Morgan fingerprint density at radius 1 is 0.971 bits per heavy atom. The van der Waals surface area contributed by atoms with Crippen LogP contribution in [0.1, 0.15) is 40.4 Å². The van der Waals surface area contributed by atoms with Gasteiger partial charge >= 0.3 is 0 Å². The number of nitrogens with two attached hydrogens (primary N) is 1. The summed E-state index contributed by atoms with van der Waals surface area (Å²) in [4.78, 5) is 20.3. The van der Waals surface area contributed by atoms with Crippen LogP contribution in [-0.2, 0) is 11.2 Å². The molecule has 1 saturated heterocycles. The number of ketones is 1. The SMILES string of the molecule is Nc1ccc(-c2ccccc2)cc1CC(=O)c1cc2ccc(N3CCOCC3)c(C3CC3)c2cn1. The second-order valence-corrected chi connectivity index (χ2v) is 9.54. The molecular formula is C30H29N3O2. The number of carbonyl (C=O) groups is 1. The van der Waals surface area contributed by atoms with Crippen molar-refractivity contribution in [1.29, 1.82) is 0 Å². The number of morpholine rings is 1. The van der Waals surface area contributed by atoms with E-state index in [1.807, 2.05) is 48.7 Å². The molecule has 3 aromatic carbocycles. The zero-order valence-electron chi connectivity index (χ0n) is 19.7. The van der Waals surface area contributed by atoms with Crippen LogP contribution in [0, 0.1) is 0 Å². The van der Waals surface area contributed by atoms with Gasteiger partial charge in [-0.15, -0.1) is 0 Å². The Morgan fingerprint density at radius 2 is 1.77 bits per heavy atom. The van der Waals surface area contributed by atoms with Crippen molar-refractivity contribution < 1.29 is 9.53 Å². The van der Waals surface area contributed by atoms with E-state index in [0.717, 1.165) is 48.4 Å². The summed E-state index contributed by atoms with van der Waals surface area (Å²) in [5, 5.41) is 2.24. The number of Topliss-reactive ketones (excluding diaryl/α,β-unsaturated/α-hetero) is 1. The van der Waals surface area contributed by atoms with Gasteiger partial charge in [-0.2, -0.15) is 0 Å². The third-order valence-corrected chi connectivity index (χ3v) is 7.15. The molecule has 35 heavy (non-hydrogen) atoms. The van der Waals surface area contributed by atoms with Crippen LogP contribution in [0.3, 0.4) is 0 Å². The van der Waals surface area contributed by atoms with Gasteiger partial charge in [0.05, 0.1) is 13.2 Å². The van der Waals surface area contributed by atoms with Crippen molar-refractivity contribution >= 4 is 27.9 Å². The third-order valence-electron chi connectivity index (χ3n) is 7.15. The molecule has 5 heteroatoms. The van der Waals surface area contributed by atoms with Crippen molar-refractivity contribution in [2.75, 3.05) is 36.9 Å². The summed E-state index contributed by atoms with van der Waals surface area (Å²) in [6, 6.07) is 22.3. The summed E-state index contributed by atoms with van der Waals surface area (Å²) >= 11 is 0. The van der Waals surface area contributed by atoms with E-state index in [4.69, 9.17) is 10.5 Å². The molecular weight excluding hydrogens is 434 g/mol. The minimum Gasteiger partial charge on any atom is -0.398 e. The Morgan fingerprint density at radius 3 is 2.54 bits per heavy atom. The normalized spacial score (nSPS) is 15.9. The number of fused-ring (bicyclic) bond motifs is 1. The number of rotatable bonds is 6. The van der Waals surface area contributed by atoms with E-state index in [0.29, 0.717) is 17.3 Å². The Balaban J connectivity index is 1.30. The number of benzene rings is 3. The van der Waals surface area contributed by atoms with Crippen LogP contribution in [0.5, 0.6) is 0 Å². The predicted octanol–water partition coefficient (Wildman–Crippen LogP) is 5.62. The van der Waals surface area contributed by atoms with Gasteiger partial charge < -0.3 is 15.4 Å². The lowest BCUT2D eigenvalue weighted by Gasteiger charge is -2.31. The van der Waals surface area contributed by atoms with Crippen LogP contribution in [0.15, 0.2) is 72.9 Å². The van der Waals surface area contributed by atoms with E-state index in [1.165, 1.54) is 29.5 Å². The van der Waals surface area contributed by atoms with E-state index in [1.54, 1.807) is 0 Å². The molecule has 2 aliphatic rings. The van der Waals surface area contributed by atoms with Crippen molar-refractivity contribution in [3.63, 3.8) is 0 Å². The van der Waals surface area contributed by atoms with Gasteiger partial charge in [0.1, 0.15) is 5.69 Å². The maximum Gasteiger partial charge on any atom is 0.185 e. The zero-order valence-corrected chi connectivity index (χ0v) is 19.7. The van der Waals surface area contributed by atoms with Crippen LogP contribution >= 0.6 is 0 Å². The number of pyridine rings is 1. The van der Waals surface area contributed by atoms with Crippen LogP contribution < -0.4 is 10.6 Å². The molecule has 0 spiro atoms. The summed E-state index contributed by atoms with van der Waals surface area (Å²) in [5.41, 5.74) is 13.0. The molecule has 0 unspecified atom stereocenters. The van der Waals surface area contributed by atoms with Gasteiger partial charge in [-0.1, -0.05) is 42.5 Å². The minimum atomic E-state index is -0.0194. The lowest BCUT2D eigenvalue weighted by molar-refractivity contribution is 0.0988. The van der Waals surface area contributed by atoms with E-state index < -0.39 is 0 Å². The summed E-state index contributed by atoms with van der Waals surface area (Å²) < 4.78 is 5.56. The molecule has 176 valence electrons. The van der Waals surface area contributed by atoms with Crippen LogP contribution in [0.4, 0.5) is 11.4 Å². The highest BCUT2D eigenvalue weighted by molar-refractivity contribution is 6.01. The second kappa shape index (κ2) is 9.16. The van der Waals surface area contributed by atoms with Gasteiger partial charge in [0, 0.05) is 42.5 Å². The lowest BCUT2D eigenvalue weighted by atomic mass is 9.96. The quantitative estimate of drug-likeness (QED) is 0.297. The lowest BCUT2D eigenvalue weighted by Crippen LogP contribution is -2.36. The first-order valence-corrected chi connectivity index (χ1v) is 12.4. The second-order valence-electron chi connectivity index (χ2n) is 9.54. The first-order valence-electron chi connectivity index (χ1n) is 12.4. The van der Waals surface area contributed by atoms with Crippen molar-refractivity contribution in [3.05, 3.63) is 89.7 Å². The molecule has 2 fully saturated rings. The standard InChI is InChI=1S/C30H29N3O2/c31-26-10-8-22(20-4-2-1-3-5-20)16-24(26)18-29(34)27-17-23-9-11-28(33-12-14-35-15-13-33)30(21-6-7-21)25(23)19-32-27/h1-5,8-11,16-17,19,21H,6-7,12-15,18,31H2. The summed E-state index contributed by atoms with van der Waals surface area (Å²) in [7, 11) is 0. The highest BCUT2D eigenvalue weighted by atomic mass is 16.5. The average molecular weight is 464 g/mol. The van der Waals surface area contributed by atoms with Crippen molar-refractivity contribution in [2.24, 2.45) is 0 Å². The molecule has 1 saturated carbocycles. The Bertz CT molecular complexity index is 1390. The van der Waals surface area contributed by atoms with Gasteiger partial charge in [0.15, 0.2) is 5.78 Å². The topological polar surface area (TPSA) is 68.5 Å². The van der Waals surface area contributed by atoms with Crippen molar-refractivity contribution in [2.45, 2.75) is 25.2 Å². The van der Waals surface area contributed by atoms with Crippen LogP contribution in [-0.4, -0.2) is 37.1 Å². The first kappa shape index (κ1) is 21.8. The fourth-order valence-corrected chi connectivity index (χ4v) is 5.10. The van der Waals surface area contributed by atoms with Crippen molar-refractivity contribution in [3.8, 4) is 11.1 Å². The highest BCUT2D eigenvalue weighted by Gasteiger charge is 2.30.